The second-order valence-corrected chi connectivity index (χ2v) is 4.44. The van der Waals surface area contributed by atoms with Crippen LogP contribution in [0.5, 0.6) is 5.75 Å². The van der Waals surface area contributed by atoms with Crippen LogP contribution in [0.2, 0.25) is 0 Å². The molecule has 0 radical (unpaired) electrons. The fraction of sp³-hybridized carbons (Fsp3) is 0.385. The van der Waals surface area contributed by atoms with Gasteiger partial charge in [-0.3, -0.25) is 4.79 Å². The fourth-order valence-corrected chi connectivity index (χ4v) is 1.57. The first kappa shape index (κ1) is 12.4. The number of hydrogen-bond donors (Lipinski definition) is 2. The maximum absolute atomic E-state index is 11.4. The molecular formula is C13H15NO4. The summed E-state index contributed by atoms with van der Waals surface area (Å²) in [7, 11) is 0. The SMILES string of the molecule is Cc1ccc(C(=O)O)c(OCC(=O)NC2CC2)c1. The third-order valence-corrected chi connectivity index (χ3v) is 2.67. The molecule has 0 spiro atoms. The monoisotopic (exact) mass is 249 g/mol. The number of carbonyl (C=O) groups is 2. The van der Waals surface area contributed by atoms with Gasteiger partial charge in [0.25, 0.3) is 5.91 Å². The Balaban J connectivity index is 2.00. The van der Waals surface area contributed by atoms with Crippen molar-refractivity contribution in [3.05, 3.63) is 29.3 Å². The number of ether oxygens (including phenoxy) is 1. The van der Waals surface area contributed by atoms with Gasteiger partial charge in [-0.05, 0) is 37.5 Å². The van der Waals surface area contributed by atoms with E-state index in [0.29, 0.717) is 0 Å². The van der Waals surface area contributed by atoms with Gasteiger partial charge in [-0.15, -0.1) is 0 Å². The first-order valence-electron chi connectivity index (χ1n) is 5.82. The van der Waals surface area contributed by atoms with Crippen LogP contribution in [-0.2, 0) is 4.79 Å². The Labute approximate surface area is 105 Å². The van der Waals surface area contributed by atoms with Crippen LogP contribution >= 0.6 is 0 Å². The highest BCUT2D eigenvalue weighted by Crippen LogP contribution is 2.21. The largest absolute Gasteiger partial charge is 0.483 e. The van der Waals surface area contributed by atoms with Gasteiger partial charge in [-0.1, -0.05) is 6.07 Å². The zero-order valence-corrected chi connectivity index (χ0v) is 10.1. The highest BCUT2D eigenvalue weighted by molar-refractivity contribution is 5.91. The van der Waals surface area contributed by atoms with E-state index in [2.05, 4.69) is 5.32 Å². The third-order valence-electron chi connectivity index (χ3n) is 2.67. The van der Waals surface area contributed by atoms with Gasteiger partial charge in [0, 0.05) is 6.04 Å². The average molecular weight is 249 g/mol. The summed E-state index contributed by atoms with van der Waals surface area (Å²) in [4.78, 5) is 22.4. The molecule has 5 heteroatoms. The molecule has 18 heavy (non-hydrogen) atoms. The predicted molar refractivity (Wildman–Crippen MR) is 64.8 cm³/mol. The minimum Gasteiger partial charge on any atom is -0.483 e. The van der Waals surface area contributed by atoms with Crippen molar-refractivity contribution in [2.24, 2.45) is 0 Å². The Kier molecular flexibility index (Phi) is 3.50. The zero-order valence-electron chi connectivity index (χ0n) is 10.1. The van der Waals surface area contributed by atoms with E-state index in [1.165, 1.54) is 6.07 Å². The van der Waals surface area contributed by atoms with Crippen molar-refractivity contribution in [1.29, 1.82) is 0 Å². The Morgan fingerprint density at radius 2 is 2.17 bits per heavy atom. The number of carbonyl (C=O) groups excluding carboxylic acids is 1. The third kappa shape index (κ3) is 3.23. The first-order valence-corrected chi connectivity index (χ1v) is 5.82. The van der Waals surface area contributed by atoms with Gasteiger partial charge < -0.3 is 15.2 Å². The van der Waals surface area contributed by atoms with Crippen molar-refractivity contribution >= 4 is 11.9 Å². The van der Waals surface area contributed by atoms with E-state index in [1.54, 1.807) is 12.1 Å². The highest BCUT2D eigenvalue weighted by Gasteiger charge is 2.23. The molecule has 0 atom stereocenters. The van der Waals surface area contributed by atoms with E-state index in [4.69, 9.17) is 9.84 Å². The second-order valence-electron chi connectivity index (χ2n) is 4.44. The van der Waals surface area contributed by atoms with Gasteiger partial charge in [-0.2, -0.15) is 0 Å². The summed E-state index contributed by atoms with van der Waals surface area (Å²) in [5.41, 5.74) is 0.956. The van der Waals surface area contributed by atoms with Crippen LogP contribution in [0.1, 0.15) is 28.8 Å². The number of carboxylic acid groups (broad SMARTS) is 1. The van der Waals surface area contributed by atoms with Gasteiger partial charge in [0.2, 0.25) is 0 Å². The van der Waals surface area contributed by atoms with Crippen molar-refractivity contribution in [3.8, 4) is 5.75 Å². The van der Waals surface area contributed by atoms with Crippen molar-refractivity contribution in [2.75, 3.05) is 6.61 Å². The molecule has 0 aliphatic heterocycles. The van der Waals surface area contributed by atoms with Gasteiger partial charge in [0.1, 0.15) is 11.3 Å². The Hall–Kier alpha value is -2.04. The number of nitrogens with one attached hydrogen (secondary N) is 1. The highest BCUT2D eigenvalue weighted by atomic mass is 16.5. The first-order chi connectivity index (χ1) is 8.56. The van der Waals surface area contributed by atoms with Gasteiger partial charge in [-0.25, -0.2) is 4.79 Å². The molecule has 2 rings (SSSR count). The summed E-state index contributed by atoms with van der Waals surface area (Å²) in [5, 5.41) is 11.8. The topological polar surface area (TPSA) is 75.6 Å². The maximum Gasteiger partial charge on any atom is 0.339 e. The van der Waals surface area contributed by atoms with Crippen LogP contribution in [0, 0.1) is 6.92 Å². The minimum absolute atomic E-state index is 0.0693. The molecule has 0 bridgehead atoms. The van der Waals surface area contributed by atoms with Gasteiger partial charge in [0.05, 0.1) is 0 Å². The van der Waals surface area contributed by atoms with E-state index in [-0.39, 0.29) is 29.9 Å². The summed E-state index contributed by atoms with van der Waals surface area (Å²) in [6.07, 6.45) is 2.02. The lowest BCUT2D eigenvalue weighted by molar-refractivity contribution is -0.123. The molecule has 1 amide bonds. The lowest BCUT2D eigenvalue weighted by Gasteiger charge is -2.10. The number of aryl methyl sites for hydroxylation is 1. The number of benzene rings is 1. The molecule has 1 aromatic rings. The molecule has 5 nitrogen and oxygen atoms in total. The fourth-order valence-electron chi connectivity index (χ4n) is 1.57. The summed E-state index contributed by atoms with van der Waals surface area (Å²) in [6, 6.07) is 5.07. The molecule has 2 N–H and O–H groups in total. The average Bonchev–Trinajstić information content (AvgIpc) is 3.10. The molecule has 0 unspecified atom stereocenters. The molecule has 0 aromatic heterocycles. The van der Waals surface area contributed by atoms with Crippen LogP contribution in [0.4, 0.5) is 0 Å². The molecule has 0 saturated heterocycles. The molecule has 1 aliphatic rings. The minimum atomic E-state index is -1.06. The molecule has 0 heterocycles. The molecular weight excluding hydrogens is 234 g/mol. The van der Waals surface area contributed by atoms with Crippen molar-refractivity contribution in [3.63, 3.8) is 0 Å². The van der Waals surface area contributed by atoms with Crippen LogP contribution < -0.4 is 10.1 Å². The van der Waals surface area contributed by atoms with Crippen LogP contribution in [-0.4, -0.2) is 29.6 Å². The lowest BCUT2D eigenvalue weighted by Crippen LogP contribution is -2.30. The second kappa shape index (κ2) is 5.08. The van der Waals surface area contributed by atoms with E-state index in [1.807, 2.05) is 6.92 Å². The lowest BCUT2D eigenvalue weighted by atomic mass is 10.1. The van der Waals surface area contributed by atoms with Crippen molar-refractivity contribution in [1.82, 2.24) is 5.32 Å². The Morgan fingerprint density at radius 3 is 2.78 bits per heavy atom. The van der Waals surface area contributed by atoms with Crippen LogP contribution in [0.15, 0.2) is 18.2 Å². The molecule has 96 valence electrons. The van der Waals surface area contributed by atoms with E-state index >= 15 is 0 Å². The number of amides is 1. The van der Waals surface area contributed by atoms with Gasteiger partial charge >= 0.3 is 5.97 Å². The van der Waals surface area contributed by atoms with Crippen LogP contribution in [0.25, 0.3) is 0 Å². The number of carboxylic acids is 1. The Bertz CT molecular complexity index is 480. The zero-order chi connectivity index (χ0) is 13.1. The molecule has 1 fully saturated rings. The van der Waals surface area contributed by atoms with E-state index in [0.717, 1.165) is 18.4 Å². The summed E-state index contributed by atoms with van der Waals surface area (Å²) in [6.45, 7) is 1.68. The maximum atomic E-state index is 11.4. The predicted octanol–water partition coefficient (Wildman–Crippen LogP) is 1.35. The molecule has 1 aromatic carbocycles. The van der Waals surface area contributed by atoms with E-state index in [9.17, 15) is 9.59 Å². The number of aromatic carboxylic acids is 1. The number of hydrogen-bond acceptors (Lipinski definition) is 3. The Morgan fingerprint density at radius 1 is 1.44 bits per heavy atom. The molecule has 1 aliphatic carbocycles. The summed E-state index contributed by atoms with van der Waals surface area (Å²) >= 11 is 0. The summed E-state index contributed by atoms with van der Waals surface area (Å²) < 4.78 is 5.28. The van der Waals surface area contributed by atoms with Crippen LogP contribution in [0.3, 0.4) is 0 Å². The van der Waals surface area contributed by atoms with Crippen molar-refractivity contribution < 1.29 is 19.4 Å². The normalized spacial score (nSPS) is 14.1. The summed E-state index contributed by atoms with van der Waals surface area (Å²) in [5.74, 6) is -1.05. The van der Waals surface area contributed by atoms with Crippen molar-refractivity contribution in [2.45, 2.75) is 25.8 Å². The number of rotatable bonds is 5. The quantitative estimate of drug-likeness (QED) is 0.826. The smallest absolute Gasteiger partial charge is 0.339 e. The van der Waals surface area contributed by atoms with Gasteiger partial charge in [0.15, 0.2) is 6.61 Å². The molecule has 1 saturated carbocycles. The van der Waals surface area contributed by atoms with E-state index < -0.39 is 5.97 Å². The standard InChI is InChI=1S/C13H15NO4/c1-8-2-5-10(13(16)17)11(6-8)18-7-12(15)14-9-3-4-9/h2,5-6,9H,3-4,7H2,1H3,(H,14,15)(H,16,17).